The fourth-order valence-electron chi connectivity index (χ4n) is 1.78. The van der Waals surface area contributed by atoms with Gasteiger partial charge in [-0.05, 0) is 18.2 Å². The van der Waals surface area contributed by atoms with Gasteiger partial charge in [-0.2, -0.15) is 0 Å². The normalized spacial score (nSPS) is 10.9. The summed E-state index contributed by atoms with van der Waals surface area (Å²) in [5, 5.41) is 0.959. The van der Waals surface area contributed by atoms with Crippen molar-refractivity contribution in [1.82, 2.24) is 9.38 Å². The van der Waals surface area contributed by atoms with E-state index in [0.717, 1.165) is 10.9 Å². The van der Waals surface area contributed by atoms with Gasteiger partial charge in [0.2, 0.25) is 0 Å². The van der Waals surface area contributed by atoms with Crippen LogP contribution in [0.1, 0.15) is 0 Å². The van der Waals surface area contributed by atoms with Crippen LogP contribution in [0, 0.1) is 0 Å². The van der Waals surface area contributed by atoms with Crippen LogP contribution in [-0.4, -0.2) is 9.38 Å². The first-order chi connectivity index (χ1) is 7.36. The molecule has 0 fully saturated rings. The van der Waals surface area contributed by atoms with Crippen LogP contribution >= 0.6 is 0 Å². The third-order valence-electron chi connectivity index (χ3n) is 2.49. The molecule has 0 bridgehead atoms. The van der Waals surface area contributed by atoms with Gasteiger partial charge in [0.25, 0.3) is 5.56 Å². The second-order valence-corrected chi connectivity index (χ2v) is 3.39. The Balaban J connectivity index is 2.75. The van der Waals surface area contributed by atoms with Crippen LogP contribution in [0.4, 0.5) is 0 Å². The predicted octanol–water partition coefficient (Wildman–Crippen LogP) is 1.85. The summed E-state index contributed by atoms with van der Waals surface area (Å²) in [7, 11) is 0. The van der Waals surface area contributed by atoms with E-state index in [4.69, 9.17) is 0 Å². The smallest absolute Gasteiger partial charge is 0.293 e. The number of aromatic nitrogens is 2. The molecule has 0 saturated carbocycles. The van der Waals surface area contributed by atoms with Crippen LogP contribution in [0.3, 0.4) is 0 Å². The van der Waals surface area contributed by atoms with Crippen LogP contribution in [-0.2, 0) is 0 Å². The molecule has 0 N–H and O–H groups in total. The molecule has 2 heterocycles. The van der Waals surface area contributed by atoms with E-state index in [2.05, 4.69) is 4.98 Å². The van der Waals surface area contributed by atoms with Gasteiger partial charge < -0.3 is 4.40 Å². The van der Waals surface area contributed by atoms with Crippen LogP contribution in [0.2, 0.25) is 0 Å². The molecule has 0 aliphatic rings. The Kier molecular flexibility index (Phi) is 1.59. The first-order valence-electron chi connectivity index (χ1n) is 4.71. The summed E-state index contributed by atoms with van der Waals surface area (Å²) >= 11 is 0. The first-order valence-corrected chi connectivity index (χ1v) is 4.71. The Labute approximate surface area is 85.6 Å². The molecule has 0 unspecified atom stereocenters. The van der Waals surface area contributed by atoms with Gasteiger partial charge in [0.1, 0.15) is 5.52 Å². The quantitative estimate of drug-likeness (QED) is 0.550. The van der Waals surface area contributed by atoms with Gasteiger partial charge in [0, 0.05) is 17.8 Å². The Morgan fingerprint density at radius 2 is 1.80 bits per heavy atom. The second-order valence-electron chi connectivity index (χ2n) is 3.39. The topological polar surface area (TPSA) is 34.4 Å². The van der Waals surface area contributed by atoms with E-state index in [1.165, 1.54) is 0 Å². The minimum absolute atomic E-state index is 0.198. The highest BCUT2D eigenvalue weighted by Crippen LogP contribution is 2.11. The van der Waals surface area contributed by atoms with Gasteiger partial charge in [-0.1, -0.05) is 18.2 Å². The van der Waals surface area contributed by atoms with Crippen LogP contribution in [0.5, 0.6) is 0 Å². The van der Waals surface area contributed by atoms with E-state index >= 15 is 0 Å². The number of rotatable bonds is 0. The molecule has 0 aliphatic heterocycles. The zero-order chi connectivity index (χ0) is 10.3. The monoisotopic (exact) mass is 196 g/mol. The molecule has 1 aromatic carbocycles. The number of para-hydroxylation sites is 1. The molecule has 72 valence electrons. The van der Waals surface area contributed by atoms with Crippen LogP contribution < -0.4 is 5.56 Å². The highest BCUT2D eigenvalue weighted by atomic mass is 16.1. The fourth-order valence-corrected chi connectivity index (χ4v) is 1.78. The lowest BCUT2D eigenvalue weighted by atomic mass is 10.2. The zero-order valence-electron chi connectivity index (χ0n) is 7.92. The van der Waals surface area contributed by atoms with Crippen molar-refractivity contribution in [3.63, 3.8) is 0 Å². The van der Waals surface area contributed by atoms with Crippen molar-refractivity contribution < 1.29 is 0 Å². The van der Waals surface area contributed by atoms with Crippen LogP contribution in [0.15, 0.2) is 53.6 Å². The number of hydrogen-bond donors (Lipinski definition) is 0. The number of nitrogens with zero attached hydrogens (tertiary/aromatic N) is 2. The van der Waals surface area contributed by atoms with E-state index in [-0.39, 0.29) is 5.56 Å². The first kappa shape index (κ1) is 8.17. The maximum atomic E-state index is 11.6. The van der Waals surface area contributed by atoms with Gasteiger partial charge in [0.05, 0.1) is 5.52 Å². The third-order valence-corrected chi connectivity index (χ3v) is 2.49. The molecule has 3 aromatic rings. The molecule has 0 radical (unpaired) electrons. The molecule has 0 atom stereocenters. The van der Waals surface area contributed by atoms with Crippen molar-refractivity contribution in [2.75, 3.05) is 0 Å². The molecule has 0 aliphatic carbocycles. The summed E-state index contributed by atoms with van der Waals surface area (Å²) in [6, 6.07) is 11.4. The summed E-state index contributed by atoms with van der Waals surface area (Å²) in [6.45, 7) is 0. The molecular weight excluding hydrogens is 188 g/mol. The predicted molar refractivity (Wildman–Crippen MR) is 59.0 cm³/mol. The lowest BCUT2D eigenvalue weighted by molar-refractivity contribution is 1.24. The minimum atomic E-state index is -0.198. The second kappa shape index (κ2) is 2.92. The zero-order valence-corrected chi connectivity index (χ0v) is 7.92. The Hall–Kier alpha value is -2.16. The van der Waals surface area contributed by atoms with Gasteiger partial charge in [-0.25, -0.2) is 4.98 Å². The fraction of sp³-hybridized carbons (Fsp3) is 0. The largest absolute Gasteiger partial charge is 0.312 e. The molecule has 0 amide bonds. The maximum Gasteiger partial charge on any atom is 0.293 e. The number of benzene rings is 1. The summed E-state index contributed by atoms with van der Waals surface area (Å²) in [5.74, 6) is 0. The van der Waals surface area contributed by atoms with Crippen molar-refractivity contribution in [2.24, 2.45) is 0 Å². The van der Waals surface area contributed by atoms with Crippen molar-refractivity contribution in [3.05, 3.63) is 59.1 Å². The Bertz CT molecular complexity index is 700. The maximum absolute atomic E-state index is 11.6. The average Bonchev–Trinajstić information content (AvgIpc) is 2.71. The number of hydrogen-bond acceptors (Lipinski definition) is 2. The lowest BCUT2D eigenvalue weighted by Gasteiger charge is -1.94. The Morgan fingerprint density at radius 1 is 1.00 bits per heavy atom. The van der Waals surface area contributed by atoms with E-state index in [9.17, 15) is 4.79 Å². The van der Waals surface area contributed by atoms with E-state index in [1.807, 2.05) is 40.9 Å². The van der Waals surface area contributed by atoms with E-state index in [1.54, 1.807) is 12.3 Å². The average molecular weight is 196 g/mol. The SMILES string of the molecule is O=c1ncc2ccccc2n2cccc12. The number of fused-ring (bicyclic) bond motifs is 3. The van der Waals surface area contributed by atoms with E-state index < -0.39 is 0 Å². The van der Waals surface area contributed by atoms with Gasteiger partial charge in [-0.15, -0.1) is 0 Å². The van der Waals surface area contributed by atoms with Crippen molar-refractivity contribution in [2.45, 2.75) is 0 Å². The molecule has 3 nitrogen and oxygen atoms in total. The lowest BCUT2D eigenvalue weighted by Crippen LogP contribution is -2.02. The minimum Gasteiger partial charge on any atom is -0.312 e. The van der Waals surface area contributed by atoms with Crippen molar-refractivity contribution in [1.29, 1.82) is 0 Å². The molecular formula is C12H8N2O. The van der Waals surface area contributed by atoms with Gasteiger partial charge in [0.15, 0.2) is 0 Å². The third kappa shape index (κ3) is 1.13. The van der Waals surface area contributed by atoms with Crippen molar-refractivity contribution >= 4 is 16.4 Å². The van der Waals surface area contributed by atoms with Crippen molar-refractivity contribution in [3.8, 4) is 0 Å². The summed E-state index contributed by atoms with van der Waals surface area (Å²) < 4.78 is 1.87. The highest BCUT2D eigenvalue weighted by Gasteiger charge is 2.00. The molecule has 3 heteroatoms. The van der Waals surface area contributed by atoms with E-state index in [0.29, 0.717) is 5.52 Å². The molecule has 2 aromatic heterocycles. The summed E-state index contributed by atoms with van der Waals surface area (Å²) in [5.41, 5.74) is 1.40. The molecule has 0 spiro atoms. The molecule has 3 rings (SSSR count). The summed E-state index contributed by atoms with van der Waals surface area (Å²) in [4.78, 5) is 15.5. The highest BCUT2D eigenvalue weighted by molar-refractivity contribution is 5.79. The van der Waals surface area contributed by atoms with Gasteiger partial charge in [-0.3, -0.25) is 4.79 Å². The summed E-state index contributed by atoms with van der Waals surface area (Å²) in [6.07, 6.45) is 3.49. The Morgan fingerprint density at radius 3 is 2.73 bits per heavy atom. The van der Waals surface area contributed by atoms with Crippen LogP contribution in [0.25, 0.3) is 16.4 Å². The molecule has 0 saturated heterocycles. The standard InChI is InChI=1S/C12H8N2O/c15-12-11-6-3-7-14(11)10-5-2-1-4-9(10)8-13-12/h1-8H. The molecule has 15 heavy (non-hydrogen) atoms. The van der Waals surface area contributed by atoms with Gasteiger partial charge >= 0.3 is 0 Å².